The van der Waals surface area contributed by atoms with Gasteiger partial charge < -0.3 is 10.1 Å². The van der Waals surface area contributed by atoms with Crippen LogP contribution in [0.15, 0.2) is 53.0 Å². The van der Waals surface area contributed by atoms with Crippen LogP contribution in [0.25, 0.3) is 0 Å². The molecule has 1 amide bonds. The number of amides is 1. The van der Waals surface area contributed by atoms with Crippen molar-refractivity contribution in [3.63, 3.8) is 0 Å². The molecule has 22 heavy (non-hydrogen) atoms. The van der Waals surface area contributed by atoms with Crippen molar-refractivity contribution < 1.29 is 9.53 Å². The maximum Gasteiger partial charge on any atom is 0.265 e. The molecule has 0 saturated heterocycles. The van der Waals surface area contributed by atoms with Crippen molar-refractivity contribution in [2.24, 2.45) is 0 Å². The number of hydrogen-bond acceptors (Lipinski definition) is 2. The summed E-state index contributed by atoms with van der Waals surface area (Å²) in [6.07, 6.45) is -0.570. The van der Waals surface area contributed by atoms with Crippen LogP contribution in [0.1, 0.15) is 32.3 Å². The second kappa shape index (κ2) is 7.45. The molecule has 3 nitrogen and oxygen atoms in total. The Labute approximate surface area is 139 Å². The molecule has 0 spiro atoms. The lowest BCUT2D eigenvalue weighted by Crippen LogP contribution is -2.30. The highest BCUT2D eigenvalue weighted by atomic mass is 79.9. The minimum absolute atomic E-state index is 0.170. The highest BCUT2D eigenvalue weighted by Crippen LogP contribution is 2.27. The summed E-state index contributed by atoms with van der Waals surface area (Å²) >= 11 is 3.39. The zero-order valence-electron chi connectivity index (χ0n) is 13.0. The number of hydrogen-bond donors (Lipinski definition) is 1. The molecule has 4 heteroatoms. The lowest BCUT2D eigenvalue weighted by molar-refractivity contribution is -0.122. The summed E-state index contributed by atoms with van der Waals surface area (Å²) in [5, 5.41) is 2.86. The Hall–Kier alpha value is -1.81. The summed E-state index contributed by atoms with van der Waals surface area (Å²) in [4.78, 5) is 12.3. The fourth-order valence-electron chi connectivity index (χ4n) is 2.12. The van der Waals surface area contributed by atoms with E-state index in [0.717, 1.165) is 21.5 Å². The van der Waals surface area contributed by atoms with Crippen LogP contribution in [-0.4, -0.2) is 12.0 Å². The fourth-order valence-corrected chi connectivity index (χ4v) is 2.52. The molecular weight excluding hydrogens is 342 g/mol. The summed E-state index contributed by atoms with van der Waals surface area (Å²) < 4.78 is 6.77. The molecule has 0 aromatic heterocycles. The molecule has 0 fully saturated rings. The van der Waals surface area contributed by atoms with Gasteiger partial charge in [0.25, 0.3) is 5.91 Å². The molecule has 2 aromatic rings. The monoisotopic (exact) mass is 361 g/mol. The van der Waals surface area contributed by atoms with Gasteiger partial charge in [-0.25, -0.2) is 0 Å². The molecule has 0 aliphatic carbocycles. The number of carbonyl (C=O) groups excluding carboxylic acids is 1. The van der Waals surface area contributed by atoms with E-state index < -0.39 is 6.10 Å². The molecule has 0 radical (unpaired) electrons. The summed E-state index contributed by atoms with van der Waals surface area (Å²) in [7, 11) is 0. The standard InChI is InChI=1S/C18H20BrNO2/c1-12(2)16-9-4-5-10-17(16)22-13(3)18(21)20-15-8-6-7-14(19)11-15/h4-13H,1-3H3,(H,20,21)/t13-/m1/s1. The molecule has 2 aromatic carbocycles. The molecule has 0 unspecified atom stereocenters. The van der Waals surface area contributed by atoms with Gasteiger partial charge in [0.1, 0.15) is 5.75 Å². The second-order valence-electron chi connectivity index (χ2n) is 5.45. The molecule has 0 aliphatic rings. The van der Waals surface area contributed by atoms with E-state index in [-0.39, 0.29) is 5.91 Å². The van der Waals surface area contributed by atoms with Gasteiger partial charge in [-0.05, 0) is 42.7 Å². The molecule has 1 N–H and O–H groups in total. The van der Waals surface area contributed by atoms with Gasteiger partial charge in [0.2, 0.25) is 0 Å². The molecule has 0 saturated carbocycles. The Balaban J connectivity index is 2.06. The van der Waals surface area contributed by atoms with Crippen molar-refractivity contribution in [3.8, 4) is 5.75 Å². The Bertz CT molecular complexity index is 655. The van der Waals surface area contributed by atoms with E-state index in [1.807, 2.05) is 48.5 Å². The molecule has 0 aliphatic heterocycles. The van der Waals surface area contributed by atoms with Crippen molar-refractivity contribution in [2.45, 2.75) is 32.8 Å². The van der Waals surface area contributed by atoms with Gasteiger partial charge in [0.15, 0.2) is 6.10 Å². The van der Waals surface area contributed by atoms with Gasteiger partial charge in [-0.3, -0.25) is 4.79 Å². The molecule has 0 heterocycles. The van der Waals surface area contributed by atoms with E-state index in [1.165, 1.54) is 0 Å². The van der Waals surface area contributed by atoms with Gasteiger partial charge in [-0.2, -0.15) is 0 Å². The molecule has 1 atom stereocenters. The number of carbonyl (C=O) groups is 1. The SMILES string of the molecule is CC(C)c1ccccc1O[C@H](C)C(=O)Nc1cccc(Br)c1. The van der Waals surface area contributed by atoms with Crippen LogP contribution in [-0.2, 0) is 4.79 Å². The Morgan fingerprint density at radius 3 is 2.50 bits per heavy atom. The van der Waals surface area contributed by atoms with E-state index in [2.05, 4.69) is 35.1 Å². The lowest BCUT2D eigenvalue weighted by Gasteiger charge is -2.18. The number of benzene rings is 2. The van der Waals surface area contributed by atoms with Gasteiger partial charge in [0.05, 0.1) is 0 Å². The maximum atomic E-state index is 12.3. The smallest absolute Gasteiger partial charge is 0.265 e. The first kappa shape index (κ1) is 16.6. The topological polar surface area (TPSA) is 38.3 Å². The van der Waals surface area contributed by atoms with Crippen LogP contribution >= 0.6 is 15.9 Å². The quantitative estimate of drug-likeness (QED) is 0.815. The van der Waals surface area contributed by atoms with Crippen LogP contribution in [0.2, 0.25) is 0 Å². The second-order valence-corrected chi connectivity index (χ2v) is 6.37. The van der Waals surface area contributed by atoms with E-state index in [9.17, 15) is 4.79 Å². The van der Waals surface area contributed by atoms with Crippen LogP contribution in [0, 0.1) is 0 Å². The normalized spacial score (nSPS) is 12.0. The number of halogens is 1. The van der Waals surface area contributed by atoms with Crippen molar-refractivity contribution >= 4 is 27.5 Å². The summed E-state index contributed by atoms with van der Waals surface area (Å²) in [5.74, 6) is 0.933. The number of anilines is 1. The number of rotatable bonds is 5. The third kappa shape index (κ3) is 4.34. The predicted molar refractivity (Wildman–Crippen MR) is 93.4 cm³/mol. The third-order valence-corrected chi connectivity index (χ3v) is 3.80. The van der Waals surface area contributed by atoms with E-state index in [1.54, 1.807) is 6.92 Å². The van der Waals surface area contributed by atoms with Gasteiger partial charge >= 0.3 is 0 Å². The lowest BCUT2D eigenvalue weighted by atomic mass is 10.0. The zero-order chi connectivity index (χ0) is 16.1. The van der Waals surface area contributed by atoms with Crippen molar-refractivity contribution in [3.05, 3.63) is 58.6 Å². The van der Waals surface area contributed by atoms with Crippen molar-refractivity contribution in [2.75, 3.05) is 5.32 Å². The first-order valence-corrected chi connectivity index (χ1v) is 8.08. The number of nitrogens with one attached hydrogen (secondary N) is 1. The first-order valence-electron chi connectivity index (χ1n) is 7.29. The van der Waals surface area contributed by atoms with E-state index in [0.29, 0.717) is 5.92 Å². The zero-order valence-corrected chi connectivity index (χ0v) is 14.6. The molecule has 2 rings (SSSR count). The molecule has 116 valence electrons. The van der Waals surface area contributed by atoms with E-state index in [4.69, 9.17) is 4.74 Å². The molecular formula is C18H20BrNO2. The Morgan fingerprint density at radius 2 is 1.82 bits per heavy atom. The van der Waals surface area contributed by atoms with Gasteiger partial charge in [-0.15, -0.1) is 0 Å². The summed E-state index contributed by atoms with van der Waals surface area (Å²) in [6, 6.07) is 15.3. The van der Waals surface area contributed by atoms with Gasteiger partial charge in [0, 0.05) is 10.2 Å². The minimum atomic E-state index is -0.570. The Morgan fingerprint density at radius 1 is 1.09 bits per heavy atom. The van der Waals surface area contributed by atoms with Crippen molar-refractivity contribution in [1.82, 2.24) is 0 Å². The average Bonchev–Trinajstić information content (AvgIpc) is 2.47. The maximum absolute atomic E-state index is 12.3. The molecule has 0 bridgehead atoms. The Kier molecular flexibility index (Phi) is 5.61. The van der Waals surface area contributed by atoms with Crippen LogP contribution in [0.3, 0.4) is 0 Å². The van der Waals surface area contributed by atoms with E-state index >= 15 is 0 Å². The summed E-state index contributed by atoms with van der Waals surface area (Å²) in [6.45, 7) is 5.97. The summed E-state index contributed by atoms with van der Waals surface area (Å²) in [5.41, 5.74) is 1.84. The van der Waals surface area contributed by atoms with Crippen LogP contribution in [0.4, 0.5) is 5.69 Å². The van der Waals surface area contributed by atoms with Crippen molar-refractivity contribution in [1.29, 1.82) is 0 Å². The van der Waals surface area contributed by atoms with Gasteiger partial charge in [-0.1, -0.05) is 54.0 Å². The van der Waals surface area contributed by atoms with Crippen LogP contribution < -0.4 is 10.1 Å². The fraction of sp³-hybridized carbons (Fsp3) is 0.278. The largest absolute Gasteiger partial charge is 0.481 e. The third-order valence-electron chi connectivity index (χ3n) is 3.31. The first-order chi connectivity index (χ1) is 10.5. The van der Waals surface area contributed by atoms with Crippen LogP contribution in [0.5, 0.6) is 5.75 Å². The average molecular weight is 362 g/mol. The highest BCUT2D eigenvalue weighted by Gasteiger charge is 2.17. The number of para-hydroxylation sites is 1. The predicted octanol–water partition coefficient (Wildman–Crippen LogP) is 4.98. The number of ether oxygens (including phenoxy) is 1. The highest BCUT2D eigenvalue weighted by molar-refractivity contribution is 9.10. The minimum Gasteiger partial charge on any atom is -0.481 e.